The molecule has 1 N–H and O–H groups in total. The number of rotatable bonds is 5. The number of hydrogen-bond acceptors (Lipinski definition) is 4. The van der Waals surface area contributed by atoms with Gasteiger partial charge in [0.25, 0.3) is 0 Å². The lowest BCUT2D eigenvalue weighted by Gasteiger charge is -2.19. The summed E-state index contributed by atoms with van der Waals surface area (Å²) in [6.45, 7) is 3.45. The third-order valence-electron chi connectivity index (χ3n) is 4.04. The van der Waals surface area contributed by atoms with Crippen molar-refractivity contribution in [1.29, 1.82) is 0 Å². The summed E-state index contributed by atoms with van der Waals surface area (Å²) >= 11 is 0. The predicted octanol–water partition coefficient (Wildman–Crippen LogP) is 3.72. The fourth-order valence-corrected chi connectivity index (χ4v) is 2.89. The van der Waals surface area contributed by atoms with Gasteiger partial charge >= 0.3 is 0 Å². The molecule has 1 aromatic heterocycles. The molecule has 130 valence electrons. The Hall–Kier alpha value is -2.89. The van der Waals surface area contributed by atoms with Crippen LogP contribution in [0.3, 0.4) is 0 Å². The quantitative estimate of drug-likeness (QED) is 0.902. The molecule has 25 heavy (non-hydrogen) atoms. The van der Waals surface area contributed by atoms with Gasteiger partial charge in [0.1, 0.15) is 11.8 Å². The number of hydrazone groups is 1. The zero-order chi connectivity index (χ0) is 17.8. The van der Waals surface area contributed by atoms with Gasteiger partial charge in [0, 0.05) is 25.5 Å². The molecule has 0 saturated carbocycles. The van der Waals surface area contributed by atoms with Gasteiger partial charge in [0.05, 0.1) is 12.0 Å². The maximum Gasteiger partial charge on any atom is 0.243 e. The highest BCUT2D eigenvalue weighted by atomic mass is 16.3. The fourth-order valence-electron chi connectivity index (χ4n) is 2.89. The summed E-state index contributed by atoms with van der Waals surface area (Å²) in [5.41, 5.74) is 2.49. The van der Waals surface area contributed by atoms with E-state index in [1.807, 2.05) is 43.3 Å². The van der Waals surface area contributed by atoms with Crippen LogP contribution in [0.2, 0.25) is 0 Å². The summed E-state index contributed by atoms with van der Waals surface area (Å²) in [6, 6.07) is 10.9. The maximum atomic E-state index is 12.4. The molecule has 1 atom stereocenters. The molecule has 1 unspecified atom stereocenters. The molecule has 1 aliphatic rings. The van der Waals surface area contributed by atoms with Gasteiger partial charge in [-0.3, -0.25) is 9.59 Å². The first-order chi connectivity index (χ1) is 12.1. The molecule has 6 heteroatoms. The summed E-state index contributed by atoms with van der Waals surface area (Å²) in [7, 11) is 0. The summed E-state index contributed by atoms with van der Waals surface area (Å²) < 4.78 is 5.51. The van der Waals surface area contributed by atoms with Gasteiger partial charge in [0.2, 0.25) is 11.8 Å². The number of benzene rings is 1. The van der Waals surface area contributed by atoms with Crippen molar-refractivity contribution < 1.29 is 14.0 Å². The number of amides is 2. The lowest BCUT2D eigenvalue weighted by Crippen LogP contribution is -2.26. The Bertz CT molecular complexity index is 779. The molecule has 0 saturated heterocycles. The SMILES string of the molecule is CCCC(=O)N1N=C(c2ccc(NC(C)=O)cc2)CC1c1ccco1. The molecule has 0 fully saturated rings. The van der Waals surface area contributed by atoms with E-state index in [4.69, 9.17) is 4.42 Å². The third-order valence-corrected chi connectivity index (χ3v) is 4.04. The Morgan fingerprint density at radius 3 is 2.64 bits per heavy atom. The van der Waals surface area contributed by atoms with E-state index < -0.39 is 0 Å². The van der Waals surface area contributed by atoms with E-state index in [2.05, 4.69) is 10.4 Å². The Morgan fingerprint density at radius 1 is 1.28 bits per heavy atom. The number of hydrogen-bond donors (Lipinski definition) is 1. The Kier molecular flexibility index (Phi) is 4.97. The van der Waals surface area contributed by atoms with Crippen LogP contribution in [0.1, 0.15) is 50.5 Å². The molecule has 3 rings (SSSR count). The average molecular weight is 339 g/mol. The van der Waals surface area contributed by atoms with E-state index in [9.17, 15) is 9.59 Å². The molecule has 0 aliphatic carbocycles. The van der Waals surface area contributed by atoms with Gasteiger partial charge in [0.15, 0.2) is 0 Å². The molecule has 0 radical (unpaired) electrons. The van der Waals surface area contributed by atoms with E-state index >= 15 is 0 Å². The lowest BCUT2D eigenvalue weighted by atomic mass is 10.0. The Balaban J connectivity index is 1.84. The minimum absolute atomic E-state index is 0.00577. The van der Waals surface area contributed by atoms with E-state index in [0.717, 1.165) is 29.1 Å². The Morgan fingerprint density at radius 2 is 2.04 bits per heavy atom. The van der Waals surface area contributed by atoms with Crippen molar-refractivity contribution in [3.63, 3.8) is 0 Å². The van der Waals surface area contributed by atoms with Crippen LogP contribution in [0.15, 0.2) is 52.2 Å². The molecule has 2 heterocycles. The molecule has 1 aromatic carbocycles. The number of nitrogens with one attached hydrogen (secondary N) is 1. The smallest absolute Gasteiger partial charge is 0.243 e. The van der Waals surface area contributed by atoms with E-state index in [0.29, 0.717) is 12.8 Å². The van der Waals surface area contributed by atoms with Crippen LogP contribution in [0, 0.1) is 0 Å². The van der Waals surface area contributed by atoms with Crippen LogP contribution in [-0.4, -0.2) is 22.5 Å². The van der Waals surface area contributed by atoms with Crippen LogP contribution < -0.4 is 5.32 Å². The van der Waals surface area contributed by atoms with Gasteiger partial charge in [-0.2, -0.15) is 5.10 Å². The van der Waals surface area contributed by atoms with Gasteiger partial charge < -0.3 is 9.73 Å². The monoisotopic (exact) mass is 339 g/mol. The lowest BCUT2D eigenvalue weighted by molar-refractivity contribution is -0.133. The molecule has 2 aromatic rings. The van der Waals surface area contributed by atoms with E-state index in [-0.39, 0.29) is 17.9 Å². The minimum atomic E-state index is -0.209. The van der Waals surface area contributed by atoms with Crippen molar-refractivity contribution in [3.05, 3.63) is 54.0 Å². The third kappa shape index (κ3) is 3.79. The van der Waals surface area contributed by atoms with E-state index in [1.54, 1.807) is 11.3 Å². The normalized spacial score (nSPS) is 16.6. The molecule has 2 amide bonds. The van der Waals surface area contributed by atoms with Crippen LogP contribution >= 0.6 is 0 Å². The molecule has 6 nitrogen and oxygen atoms in total. The van der Waals surface area contributed by atoms with E-state index in [1.165, 1.54) is 6.92 Å². The first-order valence-electron chi connectivity index (χ1n) is 8.39. The van der Waals surface area contributed by atoms with Crippen molar-refractivity contribution in [1.82, 2.24) is 5.01 Å². The predicted molar refractivity (Wildman–Crippen MR) is 95.1 cm³/mol. The van der Waals surface area contributed by atoms with Gasteiger partial charge in [-0.05, 0) is 36.2 Å². The number of carbonyl (C=O) groups excluding carboxylic acids is 2. The number of furan rings is 1. The van der Waals surface area contributed by atoms with Crippen molar-refractivity contribution in [2.45, 2.75) is 39.2 Å². The largest absolute Gasteiger partial charge is 0.467 e. The molecule has 0 bridgehead atoms. The first kappa shape index (κ1) is 17.0. The topological polar surface area (TPSA) is 74.9 Å². The second-order valence-electron chi connectivity index (χ2n) is 6.03. The zero-order valence-corrected chi connectivity index (χ0v) is 14.4. The number of carbonyl (C=O) groups is 2. The summed E-state index contributed by atoms with van der Waals surface area (Å²) in [5.74, 6) is 0.618. The van der Waals surface area contributed by atoms with Gasteiger partial charge in [-0.1, -0.05) is 19.1 Å². The van der Waals surface area contributed by atoms with Crippen LogP contribution in [0.5, 0.6) is 0 Å². The standard InChI is InChI=1S/C19H21N3O3/c1-3-5-19(24)22-17(18-6-4-11-25-18)12-16(21-22)14-7-9-15(10-8-14)20-13(2)23/h4,6-11,17H,3,5,12H2,1-2H3,(H,20,23). The number of anilines is 1. The average Bonchev–Trinajstić information content (AvgIpc) is 3.24. The van der Waals surface area contributed by atoms with Crippen molar-refractivity contribution in [2.24, 2.45) is 5.10 Å². The van der Waals surface area contributed by atoms with Crippen LogP contribution in [0.25, 0.3) is 0 Å². The second kappa shape index (κ2) is 7.34. The second-order valence-corrected chi connectivity index (χ2v) is 6.03. The molecule has 0 spiro atoms. The van der Waals surface area contributed by atoms with Crippen molar-refractivity contribution in [3.8, 4) is 0 Å². The van der Waals surface area contributed by atoms with Crippen molar-refractivity contribution >= 4 is 23.2 Å². The minimum Gasteiger partial charge on any atom is -0.467 e. The summed E-state index contributed by atoms with van der Waals surface area (Å²) in [6.07, 6.45) is 3.44. The van der Waals surface area contributed by atoms with Crippen molar-refractivity contribution in [2.75, 3.05) is 5.32 Å². The summed E-state index contributed by atoms with van der Waals surface area (Å²) in [4.78, 5) is 23.6. The first-order valence-corrected chi connectivity index (χ1v) is 8.39. The number of nitrogens with zero attached hydrogens (tertiary/aromatic N) is 2. The summed E-state index contributed by atoms with van der Waals surface area (Å²) in [5, 5.41) is 8.84. The van der Waals surface area contributed by atoms with Crippen LogP contribution in [0.4, 0.5) is 5.69 Å². The molecular formula is C19H21N3O3. The van der Waals surface area contributed by atoms with Crippen LogP contribution in [-0.2, 0) is 9.59 Å². The highest BCUT2D eigenvalue weighted by Gasteiger charge is 2.34. The van der Waals surface area contributed by atoms with Gasteiger partial charge in [-0.15, -0.1) is 0 Å². The fraction of sp³-hybridized carbons (Fsp3) is 0.316. The van der Waals surface area contributed by atoms with Gasteiger partial charge in [-0.25, -0.2) is 5.01 Å². The maximum absolute atomic E-state index is 12.4. The highest BCUT2D eigenvalue weighted by Crippen LogP contribution is 2.33. The highest BCUT2D eigenvalue weighted by molar-refractivity contribution is 6.03. The molecular weight excluding hydrogens is 318 g/mol. The Labute approximate surface area is 146 Å². The molecule has 1 aliphatic heterocycles. The zero-order valence-electron chi connectivity index (χ0n) is 14.4.